The SMILES string of the molecule is Cc1nc2ncc(-c3ccn4nc(NC5CC6(C5)CN(CC(C)C)C6)ncc34)cc2n1C1CC(F)(F)C1. The smallest absolute Gasteiger partial charge is 0.252 e. The molecule has 4 aromatic rings. The molecule has 4 aromatic heterocycles. The van der Waals surface area contributed by atoms with Crippen molar-refractivity contribution in [2.24, 2.45) is 11.3 Å². The van der Waals surface area contributed by atoms with Gasteiger partial charge in [0.25, 0.3) is 5.92 Å². The van der Waals surface area contributed by atoms with Crippen molar-refractivity contribution in [1.29, 1.82) is 0 Å². The van der Waals surface area contributed by atoms with Gasteiger partial charge in [0.05, 0.1) is 17.2 Å². The third-order valence-corrected chi connectivity index (χ3v) is 8.32. The number of likely N-dealkylation sites (tertiary alicyclic amines) is 1. The number of imidazole rings is 1. The van der Waals surface area contributed by atoms with Crippen LogP contribution in [0.15, 0.2) is 30.7 Å². The first-order chi connectivity index (χ1) is 17.7. The third-order valence-electron chi connectivity index (χ3n) is 8.32. The lowest BCUT2D eigenvalue weighted by Crippen LogP contribution is -2.65. The Hall–Kier alpha value is -3.14. The highest BCUT2D eigenvalue weighted by atomic mass is 19.3. The fraction of sp³-hybridized carbons (Fsp3) is 0.556. The fourth-order valence-electron chi connectivity index (χ4n) is 6.80. The van der Waals surface area contributed by atoms with Crippen LogP contribution < -0.4 is 5.32 Å². The molecule has 1 N–H and O–H groups in total. The van der Waals surface area contributed by atoms with Crippen LogP contribution in [0.2, 0.25) is 0 Å². The van der Waals surface area contributed by atoms with Crippen molar-refractivity contribution >= 4 is 22.6 Å². The van der Waals surface area contributed by atoms with E-state index in [2.05, 4.69) is 39.0 Å². The van der Waals surface area contributed by atoms with E-state index in [9.17, 15) is 8.78 Å². The summed E-state index contributed by atoms with van der Waals surface area (Å²) < 4.78 is 30.9. The number of hydrogen-bond acceptors (Lipinski definition) is 6. The van der Waals surface area contributed by atoms with Gasteiger partial charge in [-0.15, -0.1) is 5.10 Å². The Kier molecular flexibility index (Phi) is 4.93. The highest BCUT2D eigenvalue weighted by Crippen LogP contribution is 2.49. The number of nitrogens with one attached hydrogen (secondary N) is 1. The van der Waals surface area contributed by atoms with Crippen LogP contribution in [0.1, 0.15) is 51.4 Å². The molecular weight excluding hydrogens is 474 g/mol. The molecule has 5 heterocycles. The van der Waals surface area contributed by atoms with Gasteiger partial charge in [-0.1, -0.05) is 13.8 Å². The van der Waals surface area contributed by atoms with E-state index in [1.165, 1.54) is 32.5 Å². The van der Waals surface area contributed by atoms with Crippen molar-refractivity contribution in [3.63, 3.8) is 0 Å². The van der Waals surface area contributed by atoms with Crippen molar-refractivity contribution in [3.8, 4) is 11.1 Å². The van der Waals surface area contributed by atoms with Gasteiger partial charge in [-0.25, -0.2) is 28.2 Å². The van der Waals surface area contributed by atoms with Crippen molar-refractivity contribution < 1.29 is 8.78 Å². The number of alkyl halides is 2. The van der Waals surface area contributed by atoms with E-state index in [0.29, 0.717) is 28.9 Å². The van der Waals surface area contributed by atoms with Crippen molar-refractivity contribution in [1.82, 2.24) is 34.0 Å². The average Bonchev–Trinajstić information content (AvgIpc) is 3.33. The minimum atomic E-state index is -2.59. The van der Waals surface area contributed by atoms with E-state index in [1.807, 2.05) is 40.5 Å². The number of aryl methyl sites for hydroxylation is 1. The molecule has 0 bridgehead atoms. The summed E-state index contributed by atoms with van der Waals surface area (Å²) in [5.74, 6) is -0.515. The maximum absolute atomic E-state index is 13.6. The zero-order chi connectivity index (χ0) is 25.5. The zero-order valence-electron chi connectivity index (χ0n) is 21.5. The molecule has 1 spiro atoms. The standard InChI is InChI=1S/C27H32F2N8/c1-16(2)13-35-14-26(15-35)7-19(8-26)33-25-31-12-23-21(4-5-36(23)34-25)18-6-22-24(30-11-18)32-17(3)37(22)20-9-27(28,29)10-20/h4-6,11-12,16,19-20H,7-10,13-15H2,1-3H3,(H,33,34). The average molecular weight is 507 g/mol. The molecule has 2 aliphatic carbocycles. The maximum Gasteiger partial charge on any atom is 0.252 e. The minimum Gasteiger partial charge on any atom is -0.350 e. The highest BCUT2D eigenvalue weighted by Gasteiger charge is 2.52. The molecule has 10 heteroatoms. The lowest BCUT2D eigenvalue weighted by Gasteiger charge is -2.59. The molecule has 194 valence electrons. The number of rotatable bonds is 6. The van der Waals surface area contributed by atoms with Crippen LogP contribution in [-0.4, -0.2) is 65.6 Å². The van der Waals surface area contributed by atoms with E-state index in [1.54, 1.807) is 6.20 Å². The highest BCUT2D eigenvalue weighted by molar-refractivity contribution is 5.85. The van der Waals surface area contributed by atoms with Gasteiger partial charge < -0.3 is 14.8 Å². The molecule has 0 aromatic carbocycles. The number of hydrogen-bond donors (Lipinski definition) is 1. The van der Waals surface area contributed by atoms with E-state index >= 15 is 0 Å². The second-order valence-corrected chi connectivity index (χ2v) is 12.0. The number of nitrogens with zero attached hydrogens (tertiary/aromatic N) is 7. The third kappa shape index (κ3) is 3.88. The van der Waals surface area contributed by atoms with Crippen molar-refractivity contribution in [2.75, 3.05) is 25.0 Å². The Bertz CT molecular complexity index is 1480. The molecule has 8 nitrogen and oxygen atoms in total. The largest absolute Gasteiger partial charge is 0.350 e. The lowest BCUT2D eigenvalue weighted by atomic mass is 9.60. The zero-order valence-corrected chi connectivity index (χ0v) is 21.5. The molecule has 0 unspecified atom stereocenters. The normalized spacial score (nSPS) is 21.5. The summed E-state index contributed by atoms with van der Waals surface area (Å²) in [7, 11) is 0. The molecule has 1 saturated heterocycles. The van der Waals surface area contributed by atoms with Gasteiger partial charge in [-0.3, -0.25) is 0 Å². The van der Waals surface area contributed by atoms with Crippen LogP contribution in [-0.2, 0) is 0 Å². The Labute approximate surface area is 214 Å². The van der Waals surface area contributed by atoms with E-state index in [0.717, 1.165) is 28.1 Å². The molecule has 0 amide bonds. The summed E-state index contributed by atoms with van der Waals surface area (Å²) >= 11 is 0. The molecule has 37 heavy (non-hydrogen) atoms. The molecule has 3 aliphatic rings. The predicted molar refractivity (Wildman–Crippen MR) is 138 cm³/mol. The lowest BCUT2D eigenvalue weighted by molar-refractivity contribution is -0.103. The fourth-order valence-corrected chi connectivity index (χ4v) is 6.80. The van der Waals surface area contributed by atoms with Crippen LogP contribution in [0, 0.1) is 18.3 Å². The number of aromatic nitrogens is 6. The van der Waals surface area contributed by atoms with Gasteiger partial charge in [0, 0.05) is 68.1 Å². The van der Waals surface area contributed by atoms with Gasteiger partial charge in [0.1, 0.15) is 5.82 Å². The summed E-state index contributed by atoms with van der Waals surface area (Å²) in [6, 6.07) is 4.17. The van der Waals surface area contributed by atoms with Crippen LogP contribution in [0.4, 0.5) is 14.7 Å². The Balaban J connectivity index is 1.08. The monoisotopic (exact) mass is 506 g/mol. The van der Waals surface area contributed by atoms with E-state index in [-0.39, 0.29) is 18.9 Å². The Morgan fingerprint density at radius 1 is 1.08 bits per heavy atom. The number of fused-ring (bicyclic) bond motifs is 2. The topological polar surface area (TPSA) is 76.2 Å². The van der Waals surface area contributed by atoms with Gasteiger partial charge in [-0.05, 0) is 43.2 Å². The van der Waals surface area contributed by atoms with Gasteiger partial charge >= 0.3 is 0 Å². The van der Waals surface area contributed by atoms with Crippen molar-refractivity contribution in [3.05, 3.63) is 36.5 Å². The summed E-state index contributed by atoms with van der Waals surface area (Å²) in [5, 5.41) is 8.22. The van der Waals surface area contributed by atoms with Crippen LogP contribution >= 0.6 is 0 Å². The van der Waals surface area contributed by atoms with E-state index < -0.39 is 5.92 Å². The van der Waals surface area contributed by atoms with Gasteiger partial charge in [-0.2, -0.15) is 0 Å². The van der Waals surface area contributed by atoms with Crippen LogP contribution in [0.5, 0.6) is 0 Å². The Morgan fingerprint density at radius 2 is 1.86 bits per heavy atom. The number of halogens is 2. The number of pyridine rings is 1. The summed E-state index contributed by atoms with van der Waals surface area (Å²) in [4.78, 5) is 16.2. The molecular formula is C27H32F2N8. The molecule has 7 rings (SSSR count). The number of anilines is 1. The summed E-state index contributed by atoms with van der Waals surface area (Å²) in [6.07, 6.45) is 7.59. The minimum absolute atomic E-state index is 0.152. The second kappa shape index (κ2) is 7.93. The quantitative estimate of drug-likeness (QED) is 0.399. The first kappa shape index (κ1) is 23.0. The first-order valence-electron chi connectivity index (χ1n) is 13.2. The summed E-state index contributed by atoms with van der Waals surface area (Å²) in [6.45, 7) is 10.0. The van der Waals surface area contributed by atoms with Crippen LogP contribution in [0.3, 0.4) is 0 Å². The Morgan fingerprint density at radius 3 is 2.59 bits per heavy atom. The molecule has 3 fully saturated rings. The molecule has 2 saturated carbocycles. The van der Waals surface area contributed by atoms with Crippen LogP contribution in [0.25, 0.3) is 27.8 Å². The molecule has 1 aliphatic heterocycles. The van der Waals surface area contributed by atoms with E-state index in [4.69, 9.17) is 5.10 Å². The predicted octanol–water partition coefficient (Wildman–Crippen LogP) is 4.95. The molecule has 0 radical (unpaired) electrons. The second-order valence-electron chi connectivity index (χ2n) is 12.0. The van der Waals surface area contributed by atoms with Crippen molar-refractivity contribution in [2.45, 2.75) is 64.5 Å². The molecule has 0 atom stereocenters. The summed E-state index contributed by atoms with van der Waals surface area (Å²) in [5.41, 5.74) is 4.58. The van der Waals surface area contributed by atoms with Gasteiger partial charge in [0.15, 0.2) is 5.65 Å². The maximum atomic E-state index is 13.6. The first-order valence-corrected chi connectivity index (χ1v) is 13.2. The van der Waals surface area contributed by atoms with Gasteiger partial charge in [0.2, 0.25) is 5.95 Å².